The summed E-state index contributed by atoms with van der Waals surface area (Å²) in [4.78, 5) is 3.10. The fraction of sp³-hybridized carbons (Fsp3) is 0.613. The Kier molecular flexibility index (Phi) is 10.8. The van der Waals surface area contributed by atoms with Crippen molar-refractivity contribution in [1.29, 1.82) is 0 Å². The van der Waals surface area contributed by atoms with Gasteiger partial charge in [-0.25, -0.2) is 0 Å². The molecule has 2 heterocycles. The molecule has 2 aromatic carbocycles. The summed E-state index contributed by atoms with van der Waals surface area (Å²) in [6, 6.07) is 19.9. The average Bonchev–Trinajstić information content (AvgIpc) is 2.95. The summed E-state index contributed by atoms with van der Waals surface area (Å²) < 4.78 is 32.3. The van der Waals surface area contributed by atoms with E-state index in [1.807, 2.05) is 55.5 Å². The molecule has 8 heteroatoms. The van der Waals surface area contributed by atoms with E-state index in [-0.39, 0.29) is 42.3 Å². The maximum Gasteiger partial charge on any atom is 0.184 e. The normalized spacial score (nSPS) is 34.8. The number of rotatable bonds is 11. The molecule has 2 aliphatic rings. The van der Waals surface area contributed by atoms with E-state index in [1.54, 1.807) is 0 Å². The second kappa shape index (κ2) is 14.3. The molecular formula is C31H43N3O5. The van der Waals surface area contributed by atoms with Gasteiger partial charge in [0.05, 0.1) is 44.2 Å². The Morgan fingerprint density at radius 2 is 1.44 bits per heavy atom. The smallest absolute Gasteiger partial charge is 0.184 e. The summed E-state index contributed by atoms with van der Waals surface area (Å²) >= 11 is 0. The first-order valence-corrected chi connectivity index (χ1v) is 14.2. The number of hydrogen-bond acceptors (Lipinski definition) is 6. The van der Waals surface area contributed by atoms with Gasteiger partial charge in [0.15, 0.2) is 6.29 Å². The van der Waals surface area contributed by atoms with E-state index >= 15 is 0 Å². The van der Waals surface area contributed by atoms with Crippen molar-refractivity contribution in [2.24, 2.45) is 22.9 Å². The first-order valence-electron chi connectivity index (χ1n) is 14.2. The minimum Gasteiger partial charge on any atom is -0.374 e. The van der Waals surface area contributed by atoms with Crippen molar-refractivity contribution < 1.29 is 23.7 Å². The monoisotopic (exact) mass is 537 g/mol. The maximum absolute atomic E-state index is 9.24. The van der Waals surface area contributed by atoms with Crippen LogP contribution in [-0.4, -0.2) is 49.5 Å². The van der Waals surface area contributed by atoms with Crippen molar-refractivity contribution in [3.8, 4) is 0 Å². The molecule has 0 aliphatic carbocycles. The van der Waals surface area contributed by atoms with Crippen molar-refractivity contribution in [2.45, 2.75) is 97.1 Å². The molecule has 0 radical (unpaired) electrons. The Bertz CT molecular complexity index is 1050. The molecule has 0 N–H and O–H groups in total. The average molecular weight is 538 g/mol. The van der Waals surface area contributed by atoms with Crippen molar-refractivity contribution >= 4 is 0 Å². The van der Waals surface area contributed by atoms with Crippen LogP contribution in [0, 0.1) is 17.8 Å². The Hall–Kier alpha value is -2.45. The van der Waals surface area contributed by atoms with Gasteiger partial charge in [-0.3, -0.25) is 0 Å². The number of benzene rings is 2. The lowest BCUT2D eigenvalue weighted by molar-refractivity contribution is -0.320. The molecule has 2 saturated heterocycles. The van der Waals surface area contributed by atoms with Crippen LogP contribution in [0.25, 0.3) is 10.4 Å². The second-order valence-corrected chi connectivity index (χ2v) is 11.0. The molecule has 0 amide bonds. The molecule has 0 spiro atoms. The molecule has 2 aliphatic heterocycles. The third kappa shape index (κ3) is 7.40. The van der Waals surface area contributed by atoms with E-state index in [4.69, 9.17) is 23.7 Å². The van der Waals surface area contributed by atoms with Gasteiger partial charge in [0.25, 0.3) is 0 Å². The van der Waals surface area contributed by atoms with Crippen LogP contribution < -0.4 is 0 Å². The Morgan fingerprint density at radius 1 is 0.795 bits per heavy atom. The lowest BCUT2D eigenvalue weighted by Gasteiger charge is -2.49. The lowest BCUT2D eigenvalue weighted by Crippen LogP contribution is -2.58. The van der Waals surface area contributed by atoms with Crippen LogP contribution in [0.2, 0.25) is 0 Å². The number of nitrogens with zero attached hydrogens (tertiary/aromatic N) is 3. The van der Waals surface area contributed by atoms with Gasteiger partial charge in [-0.1, -0.05) is 93.5 Å². The molecule has 39 heavy (non-hydrogen) atoms. The van der Waals surface area contributed by atoms with E-state index < -0.39 is 12.4 Å². The largest absolute Gasteiger partial charge is 0.374 e. The number of ether oxygens (including phenoxy) is 5. The summed E-state index contributed by atoms with van der Waals surface area (Å²) in [5.74, 6) is 0.427. The summed E-state index contributed by atoms with van der Waals surface area (Å²) in [5, 5.41) is 4.07. The third-order valence-corrected chi connectivity index (χ3v) is 8.36. The molecule has 8 nitrogen and oxygen atoms in total. The van der Waals surface area contributed by atoms with Crippen LogP contribution in [0.15, 0.2) is 65.8 Å². The highest BCUT2D eigenvalue weighted by Crippen LogP contribution is 2.38. The summed E-state index contributed by atoms with van der Waals surface area (Å²) in [5.41, 5.74) is 11.4. The van der Waals surface area contributed by atoms with Crippen molar-refractivity contribution in [3.05, 3.63) is 82.2 Å². The molecule has 212 valence electrons. The Labute approximate surface area is 232 Å². The van der Waals surface area contributed by atoms with Gasteiger partial charge >= 0.3 is 0 Å². The standard InChI is InChI=1S/C31H43N3O5/c1-6-26-20(2)21(3)30(36-18-25-15-11-8-12-16-25)31(38-26)39-29-22(4)28(33-34-32)23(5)37-27(29)19-35-17-24-13-9-7-10-14-24/h7-16,20-23,26-31H,6,17-19H2,1-5H3/t20-,21-,22+,23-,26?,27?,28?,29-,30?,31-/m0/s1. The van der Waals surface area contributed by atoms with E-state index in [0.29, 0.717) is 25.7 Å². The predicted molar refractivity (Wildman–Crippen MR) is 150 cm³/mol. The zero-order valence-electron chi connectivity index (χ0n) is 23.8. The topological polar surface area (TPSA) is 94.9 Å². The Morgan fingerprint density at radius 3 is 2.05 bits per heavy atom. The fourth-order valence-electron chi connectivity index (χ4n) is 5.85. The van der Waals surface area contributed by atoms with Crippen molar-refractivity contribution in [3.63, 3.8) is 0 Å². The lowest BCUT2D eigenvalue weighted by atomic mass is 9.82. The summed E-state index contributed by atoms with van der Waals surface area (Å²) in [6.07, 6.45) is -0.927. The number of hydrogen-bond donors (Lipinski definition) is 0. The predicted octanol–water partition coefficient (Wildman–Crippen LogP) is 6.68. The molecule has 4 rings (SSSR count). The molecule has 0 saturated carbocycles. The van der Waals surface area contributed by atoms with Crippen molar-refractivity contribution in [2.75, 3.05) is 6.61 Å². The van der Waals surface area contributed by atoms with Crippen LogP contribution in [0.3, 0.4) is 0 Å². The maximum atomic E-state index is 9.24. The third-order valence-electron chi connectivity index (χ3n) is 8.36. The molecular weight excluding hydrogens is 494 g/mol. The Balaban J connectivity index is 1.53. The molecule has 2 fully saturated rings. The fourth-order valence-corrected chi connectivity index (χ4v) is 5.85. The van der Waals surface area contributed by atoms with Crippen LogP contribution >= 0.6 is 0 Å². The summed E-state index contributed by atoms with van der Waals surface area (Å²) in [7, 11) is 0. The van der Waals surface area contributed by atoms with Crippen LogP contribution in [0.4, 0.5) is 0 Å². The van der Waals surface area contributed by atoms with Crippen molar-refractivity contribution in [1.82, 2.24) is 0 Å². The zero-order valence-corrected chi connectivity index (χ0v) is 23.8. The highest BCUT2D eigenvalue weighted by molar-refractivity contribution is 5.14. The van der Waals surface area contributed by atoms with E-state index in [0.717, 1.165) is 17.5 Å². The minimum absolute atomic E-state index is 0.0565. The molecule has 0 aromatic heterocycles. The van der Waals surface area contributed by atoms with E-state index in [9.17, 15) is 5.53 Å². The van der Waals surface area contributed by atoms with Crippen LogP contribution in [-0.2, 0) is 36.9 Å². The van der Waals surface area contributed by atoms with Gasteiger partial charge in [0, 0.05) is 4.91 Å². The first kappa shape index (κ1) is 29.5. The zero-order chi connectivity index (χ0) is 27.8. The molecule has 10 atom stereocenters. The molecule has 2 aromatic rings. The van der Waals surface area contributed by atoms with Gasteiger partial charge in [0.1, 0.15) is 12.2 Å². The van der Waals surface area contributed by atoms with Crippen LogP contribution in [0.1, 0.15) is 52.2 Å². The SMILES string of the molecule is CCC1O[C@@H](O[C@@H]2C(COCc3ccccc3)O[C@@H](C)C(N=[N+]=[N-])[C@H]2C)C(OCc2ccccc2)[C@@H](C)[C@@H]1C. The van der Waals surface area contributed by atoms with E-state index in [1.165, 1.54) is 0 Å². The van der Waals surface area contributed by atoms with Gasteiger partial charge in [-0.15, -0.1) is 0 Å². The molecule has 0 bridgehead atoms. The first-order chi connectivity index (χ1) is 18.9. The van der Waals surface area contributed by atoms with Gasteiger partial charge in [0.2, 0.25) is 0 Å². The molecule has 4 unspecified atom stereocenters. The minimum atomic E-state index is -0.586. The van der Waals surface area contributed by atoms with E-state index in [2.05, 4.69) is 49.9 Å². The van der Waals surface area contributed by atoms with Gasteiger partial charge in [-0.05, 0) is 47.8 Å². The van der Waals surface area contributed by atoms with Gasteiger partial charge < -0.3 is 23.7 Å². The number of azide groups is 1. The highest BCUT2D eigenvalue weighted by Gasteiger charge is 2.48. The quantitative estimate of drug-likeness (QED) is 0.181. The summed E-state index contributed by atoms with van der Waals surface area (Å²) in [6.45, 7) is 11.9. The second-order valence-electron chi connectivity index (χ2n) is 11.0. The van der Waals surface area contributed by atoms with Crippen LogP contribution in [0.5, 0.6) is 0 Å². The highest BCUT2D eigenvalue weighted by atomic mass is 16.7. The van der Waals surface area contributed by atoms with Gasteiger partial charge in [-0.2, -0.15) is 0 Å².